The zero-order valence-corrected chi connectivity index (χ0v) is 11.7. The lowest BCUT2D eigenvalue weighted by molar-refractivity contribution is 0.322. The molecule has 2 unspecified atom stereocenters. The van der Waals surface area contributed by atoms with E-state index in [1.54, 1.807) is 0 Å². The SMILES string of the molecule is CC1CCCC(CCc2cc(Cl)ccc2Cl)N1. The van der Waals surface area contributed by atoms with Crippen molar-refractivity contribution in [2.45, 2.75) is 51.1 Å². The third kappa shape index (κ3) is 3.87. The molecule has 0 spiro atoms. The van der Waals surface area contributed by atoms with E-state index in [0.717, 1.165) is 22.9 Å². The normalized spacial score (nSPS) is 24.9. The van der Waals surface area contributed by atoms with Crippen molar-refractivity contribution in [3.05, 3.63) is 33.8 Å². The van der Waals surface area contributed by atoms with Crippen LogP contribution in [0.25, 0.3) is 0 Å². The number of aryl methyl sites for hydroxylation is 1. The number of benzene rings is 1. The van der Waals surface area contributed by atoms with E-state index in [1.807, 2.05) is 18.2 Å². The molecule has 1 heterocycles. The number of piperidine rings is 1. The monoisotopic (exact) mass is 271 g/mol. The number of hydrogen-bond donors (Lipinski definition) is 1. The molecule has 0 radical (unpaired) electrons. The van der Waals surface area contributed by atoms with Gasteiger partial charge in [-0.25, -0.2) is 0 Å². The summed E-state index contributed by atoms with van der Waals surface area (Å²) in [4.78, 5) is 0. The number of hydrogen-bond acceptors (Lipinski definition) is 1. The molecule has 0 aliphatic carbocycles. The van der Waals surface area contributed by atoms with Gasteiger partial charge in [-0.05, 0) is 56.4 Å². The largest absolute Gasteiger partial charge is 0.311 e. The van der Waals surface area contributed by atoms with Crippen LogP contribution in [-0.4, -0.2) is 12.1 Å². The van der Waals surface area contributed by atoms with Gasteiger partial charge in [-0.1, -0.05) is 29.6 Å². The molecule has 1 aromatic rings. The Balaban J connectivity index is 1.90. The van der Waals surface area contributed by atoms with E-state index in [2.05, 4.69) is 12.2 Å². The van der Waals surface area contributed by atoms with Crippen molar-refractivity contribution in [3.8, 4) is 0 Å². The van der Waals surface area contributed by atoms with E-state index in [9.17, 15) is 0 Å². The van der Waals surface area contributed by atoms with Gasteiger partial charge in [0.1, 0.15) is 0 Å². The van der Waals surface area contributed by atoms with Gasteiger partial charge >= 0.3 is 0 Å². The lowest BCUT2D eigenvalue weighted by Gasteiger charge is -2.28. The Morgan fingerprint density at radius 2 is 2.12 bits per heavy atom. The first-order chi connectivity index (χ1) is 8.15. The molecule has 17 heavy (non-hydrogen) atoms. The molecule has 0 aromatic heterocycles. The van der Waals surface area contributed by atoms with Gasteiger partial charge in [0.05, 0.1) is 0 Å². The maximum absolute atomic E-state index is 6.16. The van der Waals surface area contributed by atoms with Crippen LogP contribution >= 0.6 is 23.2 Å². The van der Waals surface area contributed by atoms with Crippen molar-refractivity contribution in [2.75, 3.05) is 0 Å². The standard InChI is InChI=1S/C14H19Cl2N/c1-10-3-2-4-13(17-10)7-5-11-9-12(15)6-8-14(11)16/h6,8-10,13,17H,2-5,7H2,1H3. The molecule has 2 atom stereocenters. The zero-order valence-electron chi connectivity index (χ0n) is 10.2. The lowest BCUT2D eigenvalue weighted by Crippen LogP contribution is -2.40. The van der Waals surface area contributed by atoms with Gasteiger partial charge in [-0.3, -0.25) is 0 Å². The minimum absolute atomic E-state index is 0.633. The zero-order chi connectivity index (χ0) is 12.3. The smallest absolute Gasteiger partial charge is 0.0439 e. The number of nitrogens with one attached hydrogen (secondary N) is 1. The Bertz CT molecular complexity index is 378. The van der Waals surface area contributed by atoms with Crippen LogP contribution in [-0.2, 0) is 6.42 Å². The number of halogens is 2. The quantitative estimate of drug-likeness (QED) is 0.856. The predicted octanol–water partition coefficient (Wildman–Crippen LogP) is 4.46. The molecule has 1 N–H and O–H groups in total. The minimum Gasteiger partial charge on any atom is -0.311 e. The molecule has 0 bridgehead atoms. The van der Waals surface area contributed by atoms with Crippen molar-refractivity contribution in [1.29, 1.82) is 0 Å². The van der Waals surface area contributed by atoms with Crippen LogP contribution in [0.1, 0.15) is 38.2 Å². The van der Waals surface area contributed by atoms with Crippen LogP contribution in [0, 0.1) is 0 Å². The third-order valence-corrected chi connectivity index (χ3v) is 4.08. The molecule has 1 fully saturated rings. The first-order valence-electron chi connectivity index (χ1n) is 6.35. The van der Waals surface area contributed by atoms with Gasteiger partial charge in [-0.2, -0.15) is 0 Å². The second-order valence-electron chi connectivity index (χ2n) is 4.97. The molecule has 1 saturated heterocycles. The summed E-state index contributed by atoms with van der Waals surface area (Å²) < 4.78 is 0. The molecular formula is C14H19Cl2N. The summed E-state index contributed by atoms with van der Waals surface area (Å²) in [5.74, 6) is 0. The highest BCUT2D eigenvalue weighted by Crippen LogP contribution is 2.23. The minimum atomic E-state index is 0.633. The fourth-order valence-corrected chi connectivity index (χ4v) is 2.94. The fourth-order valence-electron chi connectivity index (χ4n) is 2.53. The Labute approximate surface area is 114 Å². The van der Waals surface area contributed by atoms with Crippen LogP contribution in [0.15, 0.2) is 18.2 Å². The van der Waals surface area contributed by atoms with Crippen LogP contribution in [0.3, 0.4) is 0 Å². The van der Waals surface area contributed by atoms with Crippen LogP contribution in [0.5, 0.6) is 0 Å². The lowest BCUT2D eigenvalue weighted by atomic mass is 9.95. The molecule has 3 heteroatoms. The summed E-state index contributed by atoms with van der Waals surface area (Å²) in [6, 6.07) is 7.00. The van der Waals surface area contributed by atoms with Gasteiger partial charge in [-0.15, -0.1) is 0 Å². The van der Waals surface area contributed by atoms with Gasteiger partial charge in [0.15, 0.2) is 0 Å². The summed E-state index contributed by atoms with van der Waals surface area (Å²) in [6.07, 6.45) is 6.06. The number of rotatable bonds is 3. The molecule has 2 rings (SSSR count). The van der Waals surface area contributed by atoms with Gasteiger partial charge < -0.3 is 5.32 Å². The fraction of sp³-hybridized carbons (Fsp3) is 0.571. The van der Waals surface area contributed by atoms with Crippen molar-refractivity contribution in [3.63, 3.8) is 0 Å². The van der Waals surface area contributed by atoms with Crippen molar-refractivity contribution in [1.82, 2.24) is 5.32 Å². The molecule has 94 valence electrons. The first kappa shape index (κ1) is 13.2. The summed E-state index contributed by atoms with van der Waals surface area (Å²) in [5, 5.41) is 5.25. The molecule has 0 amide bonds. The van der Waals surface area contributed by atoms with E-state index in [-0.39, 0.29) is 0 Å². The maximum atomic E-state index is 6.16. The van der Waals surface area contributed by atoms with Crippen molar-refractivity contribution >= 4 is 23.2 Å². The predicted molar refractivity (Wildman–Crippen MR) is 75.0 cm³/mol. The van der Waals surface area contributed by atoms with E-state index in [4.69, 9.17) is 23.2 Å². The van der Waals surface area contributed by atoms with Crippen LogP contribution in [0.4, 0.5) is 0 Å². The topological polar surface area (TPSA) is 12.0 Å². The van der Waals surface area contributed by atoms with Crippen LogP contribution in [0.2, 0.25) is 10.0 Å². The third-order valence-electron chi connectivity index (χ3n) is 3.48. The first-order valence-corrected chi connectivity index (χ1v) is 7.10. The Hall–Kier alpha value is -0.240. The average Bonchev–Trinajstić information content (AvgIpc) is 2.30. The van der Waals surface area contributed by atoms with Crippen molar-refractivity contribution < 1.29 is 0 Å². The molecule has 1 nitrogen and oxygen atoms in total. The Morgan fingerprint density at radius 3 is 2.88 bits per heavy atom. The molecule has 1 aliphatic rings. The molecule has 0 saturated carbocycles. The van der Waals surface area contributed by atoms with E-state index < -0.39 is 0 Å². The van der Waals surface area contributed by atoms with Crippen LogP contribution < -0.4 is 5.32 Å². The second kappa shape index (κ2) is 6.08. The summed E-state index contributed by atoms with van der Waals surface area (Å²) in [5.41, 5.74) is 1.17. The summed E-state index contributed by atoms with van der Waals surface area (Å²) >= 11 is 12.2. The van der Waals surface area contributed by atoms with E-state index >= 15 is 0 Å². The van der Waals surface area contributed by atoms with E-state index in [1.165, 1.54) is 24.8 Å². The highest BCUT2D eigenvalue weighted by Gasteiger charge is 2.17. The Kier molecular flexibility index (Phi) is 4.72. The average molecular weight is 272 g/mol. The highest BCUT2D eigenvalue weighted by molar-refractivity contribution is 6.33. The Morgan fingerprint density at radius 1 is 1.29 bits per heavy atom. The summed E-state index contributed by atoms with van der Waals surface area (Å²) in [6.45, 7) is 2.26. The molecule has 1 aliphatic heterocycles. The summed E-state index contributed by atoms with van der Waals surface area (Å²) in [7, 11) is 0. The van der Waals surface area contributed by atoms with Gasteiger partial charge in [0.25, 0.3) is 0 Å². The van der Waals surface area contributed by atoms with E-state index in [0.29, 0.717) is 12.1 Å². The molecule has 1 aromatic carbocycles. The highest BCUT2D eigenvalue weighted by atomic mass is 35.5. The maximum Gasteiger partial charge on any atom is 0.0439 e. The van der Waals surface area contributed by atoms with Gasteiger partial charge in [0.2, 0.25) is 0 Å². The molecular weight excluding hydrogens is 253 g/mol. The second-order valence-corrected chi connectivity index (χ2v) is 5.81. The van der Waals surface area contributed by atoms with Crippen molar-refractivity contribution in [2.24, 2.45) is 0 Å². The van der Waals surface area contributed by atoms with Gasteiger partial charge in [0, 0.05) is 22.1 Å².